The molecule has 0 spiro atoms. The molecular formula is C19H31ClIN5O. The van der Waals surface area contributed by atoms with Crippen LogP contribution in [0, 0.1) is 0 Å². The van der Waals surface area contributed by atoms with E-state index in [-0.39, 0.29) is 29.9 Å². The van der Waals surface area contributed by atoms with Gasteiger partial charge in [0.25, 0.3) is 0 Å². The summed E-state index contributed by atoms with van der Waals surface area (Å²) in [4.78, 5) is 23.0. The summed E-state index contributed by atoms with van der Waals surface area (Å²) in [5.41, 5.74) is 1.12. The molecule has 0 aliphatic carbocycles. The zero-order valence-electron chi connectivity index (χ0n) is 16.2. The molecule has 0 aromatic carbocycles. The maximum atomic E-state index is 12.4. The topological polar surface area (TPSA) is 69.6 Å². The normalized spacial score (nSPS) is 17.2. The van der Waals surface area contributed by atoms with Gasteiger partial charge in [-0.1, -0.05) is 17.7 Å². The van der Waals surface area contributed by atoms with Crippen molar-refractivity contribution in [2.24, 2.45) is 4.99 Å². The number of hydrogen-bond acceptors (Lipinski definition) is 3. The number of rotatable bonds is 7. The van der Waals surface area contributed by atoms with E-state index in [0.29, 0.717) is 24.2 Å². The Labute approximate surface area is 184 Å². The van der Waals surface area contributed by atoms with Crippen LogP contribution in [0.25, 0.3) is 0 Å². The van der Waals surface area contributed by atoms with Crippen LogP contribution in [0.1, 0.15) is 45.1 Å². The number of amides is 1. The summed E-state index contributed by atoms with van der Waals surface area (Å²) in [6.45, 7) is 7.08. The Bertz CT molecular complexity index is 596. The van der Waals surface area contributed by atoms with Crippen LogP contribution < -0.4 is 10.6 Å². The van der Waals surface area contributed by atoms with Crippen LogP contribution in [0.3, 0.4) is 0 Å². The maximum Gasteiger partial charge on any atom is 0.224 e. The largest absolute Gasteiger partial charge is 0.357 e. The molecule has 152 valence electrons. The smallest absolute Gasteiger partial charge is 0.224 e. The number of pyridine rings is 1. The molecule has 6 nitrogen and oxygen atoms in total. The fraction of sp³-hybridized carbons (Fsp3) is 0.632. The molecule has 1 aromatic heterocycles. The number of piperidine rings is 1. The Balaban J connectivity index is 0.00000364. The summed E-state index contributed by atoms with van der Waals surface area (Å²) in [5.74, 6) is 0.956. The van der Waals surface area contributed by atoms with E-state index in [1.54, 1.807) is 12.3 Å². The quantitative estimate of drug-likeness (QED) is 0.257. The van der Waals surface area contributed by atoms with Gasteiger partial charge < -0.3 is 15.5 Å². The van der Waals surface area contributed by atoms with Gasteiger partial charge in [0.2, 0.25) is 5.91 Å². The zero-order chi connectivity index (χ0) is 18.8. The first-order chi connectivity index (χ1) is 12.6. The molecule has 1 amide bonds. The zero-order valence-corrected chi connectivity index (χ0v) is 19.3. The number of carbonyl (C=O) groups excluding carboxylic acids is 1. The number of carbonyl (C=O) groups is 1. The van der Waals surface area contributed by atoms with Gasteiger partial charge in [0.1, 0.15) is 5.15 Å². The highest BCUT2D eigenvalue weighted by atomic mass is 127. The first-order valence-electron chi connectivity index (χ1n) is 9.52. The van der Waals surface area contributed by atoms with Crippen LogP contribution >= 0.6 is 35.6 Å². The van der Waals surface area contributed by atoms with Gasteiger partial charge in [0, 0.05) is 38.3 Å². The van der Waals surface area contributed by atoms with E-state index >= 15 is 0 Å². The molecule has 1 aromatic rings. The number of guanidine groups is 1. The molecule has 2 heterocycles. The second-order valence-electron chi connectivity index (χ2n) is 6.61. The number of likely N-dealkylation sites (tertiary alicyclic amines) is 1. The SMILES string of the molecule is CCNC(=NCCC(=O)N1CCCCC1C)NCCc1ccc(Cl)nc1.I. The van der Waals surface area contributed by atoms with Crippen LogP contribution in [0.5, 0.6) is 0 Å². The van der Waals surface area contributed by atoms with Gasteiger partial charge in [0.05, 0.1) is 6.54 Å². The van der Waals surface area contributed by atoms with Gasteiger partial charge in [-0.2, -0.15) is 0 Å². The van der Waals surface area contributed by atoms with Crippen LogP contribution in [0.15, 0.2) is 23.3 Å². The monoisotopic (exact) mass is 507 g/mol. The van der Waals surface area contributed by atoms with Crippen LogP contribution in [-0.4, -0.2) is 54.0 Å². The summed E-state index contributed by atoms with van der Waals surface area (Å²) in [7, 11) is 0. The third-order valence-corrected chi connectivity index (χ3v) is 4.78. The highest BCUT2D eigenvalue weighted by molar-refractivity contribution is 14.0. The number of aliphatic imine (C=N–C) groups is 1. The van der Waals surface area contributed by atoms with Gasteiger partial charge in [-0.05, 0) is 51.2 Å². The average Bonchev–Trinajstić information content (AvgIpc) is 2.63. The Kier molecular flexibility index (Phi) is 11.7. The fourth-order valence-electron chi connectivity index (χ4n) is 3.10. The molecule has 0 saturated carbocycles. The highest BCUT2D eigenvalue weighted by Crippen LogP contribution is 2.17. The van der Waals surface area contributed by atoms with E-state index in [2.05, 4.69) is 27.5 Å². The van der Waals surface area contributed by atoms with Gasteiger partial charge in [-0.3, -0.25) is 9.79 Å². The molecule has 2 rings (SSSR count). The summed E-state index contributed by atoms with van der Waals surface area (Å²) in [6.07, 6.45) is 6.52. The van der Waals surface area contributed by atoms with Crippen molar-refractivity contribution >= 4 is 47.4 Å². The molecule has 1 aliphatic rings. The van der Waals surface area contributed by atoms with Crippen molar-refractivity contribution in [1.29, 1.82) is 0 Å². The molecule has 2 N–H and O–H groups in total. The van der Waals surface area contributed by atoms with Crippen molar-refractivity contribution in [2.45, 2.75) is 52.0 Å². The number of nitrogens with one attached hydrogen (secondary N) is 2. The summed E-state index contributed by atoms with van der Waals surface area (Å²) >= 11 is 5.80. The lowest BCUT2D eigenvalue weighted by molar-refractivity contribution is -0.134. The van der Waals surface area contributed by atoms with E-state index in [4.69, 9.17) is 11.6 Å². The standard InChI is InChI=1S/C19H30ClN5O.HI/c1-3-21-19(22-11-9-16-7-8-17(20)24-14-16)23-12-10-18(26)25-13-5-4-6-15(25)2;/h7-8,14-15H,3-6,9-13H2,1-2H3,(H2,21,22,23);1H. The van der Waals surface area contributed by atoms with Gasteiger partial charge in [-0.25, -0.2) is 4.98 Å². The molecule has 1 aliphatic heterocycles. The van der Waals surface area contributed by atoms with Gasteiger partial charge in [0.15, 0.2) is 5.96 Å². The third kappa shape index (κ3) is 8.64. The van der Waals surface area contributed by atoms with Crippen LogP contribution in [0.4, 0.5) is 0 Å². The average molecular weight is 508 g/mol. The molecule has 1 unspecified atom stereocenters. The minimum absolute atomic E-state index is 0. The van der Waals surface area contributed by atoms with Gasteiger partial charge >= 0.3 is 0 Å². The van der Waals surface area contributed by atoms with Crippen molar-refractivity contribution in [1.82, 2.24) is 20.5 Å². The molecule has 1 saturated heterocycles. The predicted molar refractivity (Wildman–Crippen MR) is 122 cm³/mol. The van der Waals surface area contributed by atoms with Crippen molar-refractivity contribution < 1.29 is 4.79 Å². The van der Waals surface area contributed by atoms with E-state index in [1.807, 2.05) is 17.9 Å². The Morgan fingerprint density at radius 1 is 1.37 bits per heavy atom. The summed E-state index contributed by atoms with van der Waals surface area (Å²) in [5, 5.41) is 7.02. The van der Waals surface area contributed by atoms with E-state index < -0.39 is 0 Å². The minimum Gasteiger partial charge on any atom is -0.357 e. The Morgan fingerprint density at radius 2 is 2.19 bits per heavy atom. The molecular weight excluding hydrogens is 477 g/mol. The molecule has 27 heavy (non-hydrogen) atoms. The van der Waals surface area contributed by atoms with E-state index in [0.717, 1.165) is 50.4 Å². The second-order valence-corrected chi connectivity index (χ2v) is 7.00. The number of hydrogen-bond donors (Lipinski definition) is 2. The summed E-state index contributed by atoms with van der Waals surface area (Å²) < 4.78 is 0. The number of nitrogens with zero attached hydrogens (tertiary/aromatic N) is 3. The number of halogens is 2. The lowest BCUT2D eigenvalue weighted by Crippen LogP contribution is -2.42. The van der Waals surface area contributed by atoms with Crippen LogP contribution in [0.2, 0.25) is 5.15 Å². The lowest BCUT2D eigenvalue weighted by Gasteiger charge is -2.33. The maximum absolute atomic E-state index is 12.4. The number of aromatic nitrogens is 1. The molecule has 0 bridgehead atoms. The highest BCUT2D eigenvalue weighted by Gasteiger charge is 2.22. The minimum atomic E-state index is 0. The Hall–Kier alpha value is -1.09. The van der Waals surface area contributed by atoms with Crippen LogP contribution in [-0.2, 0) is 11.2 Å². The van der Waals surface area contributed by atoms with Gasteiger partial charge in [-0.15, -0.1) is 24.0 Å². The molecule has 1 atom stereocenters. The third-order valence-electron chi connectivity index (χ3n) is 4.56. The Morgan fingerprint density at radius 3 is 2.85 bits per heavy atom. The molecule has 0 radical (unpaired) electrons. The lowest BCUT2D eigenvalue weighted by atomic mass is 10.0. The van der Waals surface area contributed by atoms with E-state index in [9.17, 15) is 4.79 Å². The summed E-state index contributed by atoms with van der Waals surface area (Å²) in [6, 6.07) is 4.13. The molecule has 1 fully saturated rings. The predicted octanol–water partition coefficient (Wildman–Crippen LogP) is 3.24. The second kappa shape index (κ2) is 13.1. The van der Waals surface area contributed by atoms with Crippen molar-refractivity contribution in [3.8, 4) is 0 Å². The van der Waals surface area contributed by atoms with Crippen molar-refractivity contribution in [3.63, 3.8) is 0 Å². The van der Waals surface area contributed by atoms with Crippen molar-refractivity contribution in [3.05, 3.63) is 29.0 Å². The van der Waals surface area contributed by atoms with E-state index in [1.165, 1.54) is 6.42 Å². The fourth-order valence-corrected chi connectivity index (χ4v) is 3.21. The van der Waals surface area contributed by atoms with Crippen molar-refractivity contribution in [2.75, 3.05) is 26.2 Å². The first kappa shape index (κ1) is 23.9. The molecule has 8 heteroatoms. The first-order valence-corrected chi connectivity index (χ1v) is 9.90.